The molecule has 3 nitrogen and oxygen atoms in total. The lowest BCUT2D eigenvalue weighted by Gasteiger charge is -2.32. The van der Waals surface area contributed by atoms with Gasteiger partial charge in [-0.1, -0.05) is 40.5 Å². The van der Waals surface area contributed by atoms with Crippen molar-refractivity contribution in [1.29, 1.82) is 0 Å². The van der Waals surface area contributed by atoms with Crippen molar-refractivity contribution in [2.45, 2.75) is 71.6 Å². The average Bonchev–Trinajstić information content (AvgIpc) is 2.78. The summed E-state index contributed by atoms with van der Waals surface area (Å²) < 4.78 is 0. The highest BCUT2D eigenvalue weighted by atomic mass is 16.3. The monoisotopic (exact) mass is 256 g/mol. The van der Waals surface area contributed by atoms with Gasteiger partial charge in [0.15, 0.2) is 0 Å². The topological polar surface area (TPSA) is 35.5 Å². The van der Waals surface area contributed by atoms with Gasteiger partial charge in [0, 0.05) is 31.7 Å². The largest absolute Gasteiger partial charge is 0.390 e. The Bertz CT molecular complexity index is 213. The van der Waals surface area contributed by atoms with Crippen LogP contribution < -0.4 is 5.32 Å². The van der Waals surface area contributed by atoms with Crippen LogP contribution in [0.25, 0.3) is 0 Å². The highest BCUT2D eigenvalue weighted by Crippen LogP contribution is 2.24. The summed E-state index contributed by atoms with van der Waals surface area (Å²) in [7, 11) is 0. The Morgan fingerprint density at radius 3 is 2.22 bits per heavy atom. The summed E-state index contributed by atoms with van der Waals surface area (Å²) >= 11 is 0. The van der Waals surface area contributed by atoms with Gasteiger partial charge in [-0.3, -0.25) is 4.90 Å². The first-order valence-electron chi connectivity index (χ1n) is 7.64. The molecule has 0 heterocycles. The van der Waals surface area contributed by atoms with Crippen LogP contribution in [0.15, 0.2) is 0 Å². The van der Waals surface area contributed by atoms with Gasteiger partial charge in [0.25, 0.3) is 0 Å². The smallest absolute Gasteiger partial charge is 0.0791 e. The molecule has 1 atom stereocenters. The minimum absolute atomic E-state index is 0.244. The third-order valence-electron chi connectivity index (χ3n) is 3.65. The molecule has 2 N–H and O–H groups in total. The van der Waals surface area contributed by atoms with Crippen LogP contribution in [0.2, 0.25) is 0 Å². The fourth-order valence-corrected chi connectivity index (χ4v) is 2.82. The molecule has 1 aliphatic carbocycles. The molecule has 1 rings (SSSR count). The van der Waals surface area contributed by atoms with Crippen LogP contribution in [0, 0.1) is 5.92 Å². The standard InChI is InChI=1S/C15H32N2O/c1-12(2)10-17(14-7-5-6-8-14)11-15(18)9-16-13(3)4/h12-16,18H,5-11H2,1-4H3. The molecule has 0 aromatic carbocycles. The van der Waals surface area contributed by atoms with E-state index in [1.165, 1.54) is 25.7 Å². The van der Waals surface area contributed by atoms with Crippen LogP contribution >= 0.6 is 0 Å². The lowest BCUT2D eigenvalue weighted by atomic mass is 10.1. The Morgan fingerprint density at radius 2 is 1.72 bits per heavy atom. The molecule has 0 aliphatic heterocycles. The zero-order chi connectivity index (χ0) is 13.5. The van der Waals surface area contributed by atoms with E-state index in [1.54, 1.807) is 0 Å². The summed E-state index contributed by atoms with van der Waals surface area (Å²) in [5.74, 6) is 0.677. The lowest BCUT2D eigenvalue weighted by Crippen LogP contribution is -2.45. The third kappa shape index (κ3) is 6.17. The van der Waals surface area contributed by atoms with Crippen LogP contribution in [-0.4, -0.2) is 47.8 Å². The van der Waals surface area contributed by atoms with Crippen LogP contribution in [-0.2, 0) is 0 Å². The van der Waals surface area contributed by atoms with Crippen molar-refractivity contribution in [3.05, 3.63) is 0 Å². The summed E-state index contributed by atoms with van der Waals surface area (Å²) in [6.45, 7) is 11.4. The van der Waals surface area contributed by atoms with Gasteiger partial charge in [0.05, 0.1) is 6.10 Å². The molecule has 1 aliphatic rings. The third-order valence-corrected chi connectivity index (χ3v) is 3.65. The van der Waals surface area contributed by atoms with E-state index in [0.717, 1.165) is 13.1 Å². The molecule has 0 bridgehead atoms. The molecule has 0 spiro atoms. The fraction of sp³-hybridized carbons (Fsp3) is 1.00. The lowest BCUT2D eigenvalue weighted by molar-refractivity contribution is 0.0781. The predicted molar refractivity (Wildman–Crippen MR) is 77.8 cm³/mol. The minimum atomic E-state index is -0.244. The molecule has 0 aromatic rings. The fourth-order valence-electron chi connectivity index (χ4n) is 2.82. The number of hydrogen-bond donors (Lipinski definition) is 2. The average molecular weight is 256 g/mol. The second-order valence-electron chi connectivity index (χ2n) is 6.50. The van der Waals surface area contributed by atoms with E-state index in [2.05, 4.69) is 37.9 Å². The van der Waals surface area contributed by atoms with Gasteiger partial charge in [0.1, 0.15) is 0 Å². The van der Waals surface area contributed by atoms with E-state index in [4.69, 9.17) is 0 Å². The van der Waals surface area contributed by atoms with Gasteiger partial charge in [-0.05, 0) is 18.8 Å². The molecule has 0 saturated heterocycles. The van der Waals surface area contributed by atoms with Crippen LogP contribution in [0.3, 0.4) is 0 Å². The van der Waals surface area contributed by atoms with Crippen molar-refractivity contribution >= 4 is 0 Å². The van der Waals surface area contributed by atoms with Gasteiger partial charge in [-0.15, -0.1) is 0 Å². The molecule has 0 amide bonds. The zero-order valence-electron chi connectivity index (χ0n) is 12.7. The van der Waals surface area contributed by atoms with Crippen molar-refractivity contribution in [3.8, 4) is 0 Å². The highest BCUT2D eigenvalue weighted by molar-refractivity contribution is 4.80. The van der Waals surface area contributed by atoms with E-state index in [1.807, 2.05) is 0 Å². The first-order chi connectivity index (χ1) is 8.49. The van der Waals surface area contributed by atoms with Gasteiger partial charge in [-0.2, -0.15) is 0 Å². The van der Waals surface area contributed by atoms with Crippen molar-refractivity contribution in [3.63, 3.8) is 0 Å². The normalized spacial score (nSPS) is 19.3. The first-order valence-corrected chi connectivity index (χ1v) is 7.64. The molecular formula is C15H32N2O. The molecule has 0 aromatic heterocycles. The summed E-state index contributed by atoms with van der Waals surface area (Å²) in [4.78, 5) is 2.52. The van der Waals surface area contributed by atoms with Crippen molar-refractivity contribution in [1.82, 2.24) is 10.2 Å². The summed E-state index contributed by atoms with van der Waals surface area (Å²) in [5, 5.41) is 13.5. The summed E-state index contributed by atoms with van der Waals surface area (Å²) in [6.07, 6.45) is 5.11. The van der Waals surface area contributed by atoms with Crippen molar-refractivity contribution < 1.29 is 5.11 Å². The van der Waals surface area contributed by atoms with E-state index >= 15 is 0 Å². The van der Waals surface area contributed by atoms with Crippen molar-refractivity contribution in [2.24, 2.45) is 5.92 Å². The number of aliphatic hydroxyl groups is 1. The van der Waals surface area contributed by atoms with Gasteiger partial charge in [0.2, 0.25) is 0 Å². The number of aliphatic hydroxyl groups excluding tert-OH is 1. The van der Waals surface area contributed by atoms with E-state index in [0.29, 0.717) is 24.5 Å². The van der Waals surface area contributed by atoms with E-state index in [9.17, 15) is 5.11 Å². The Kier molecular flexibility index (Phi) is 7.20. The maximum Gasteiger partial charge on any atom is 0.0791 e. The van der Waals surface area contributed by atoms with Gasteiger partial charge in [-0.25, -0.2) is 0 Å². The minimum Gasteiger partial charge on any atom is -0.390 e. The quantitative estimate of drug-likeness (QED) is 0.699. The van der Waals surface area contributed by atoms with Crippen LogP contribution in [0.5, 0.6) is 0 Å². The first kappa shape index (κ1) is 15.9. The Balaban J connectivity index is 2.39. The van der Waals surface area contributed by atoms with Crippen LogP contribution in [0.4, 0.5) is 0 Å². The number of nitrogens with one attached hydrogen (secondary N) is 1. The zero-order valence-corrected chi connectivity index (χ0v) is 12.7. The Labute approximate surface area is 113 Å². The Morgan fingerprint density at radius 1 is 1.11 bits per heavy atom. The van der Waals surface area contributed by atoms with Gasteiger partial charge >= 0.3 is 0 Å². The van der Waals surface area contributed by atoms with Crippen LogP contribution in [0.1, 0.15) is 53.4 Å². The number of nitrogens with zero attached hydrogens (tertiary/aromatic N) is 1. The molecule has 1 unspecified atom stereocenters. The highest BCUT2D eigenvalue weighted by Gasteiger charge is 2.24. The van der Waals surface area contributed by atoms with E-state index in [-0.39, 0.29) is 6.10 Å². The molecule has 108 valence electrons. The van der Waals surface area contributed by atoms with Crippen molar-refractivity contribution in [2.75, 3.05) is 19.6 Å². The second-order valence-corrected chi connectivity index (χ2v) is 6.50. The molecule has 3 heteroatoms. The second kappa shape index (κ2) is 8.13. The summed E-state index contributed by atoms with van der Waals surface area (Å²) in [6, 6.07) is 1.16. The maximum atomic E-state index is 10.1. The number of rotatable bonds is 8. The molecule has 18 heavy (non-hydrogen) atoms. The molecule has 0 radical (unpaired) electrons. The summed E-state index contributed by atoms with van der Waals surface area (Å²) in [5.41, 5.74) is 0. The van der Waals surface area contributed by atoms with Gasteiger partial charge < -0.3 is 10.4 Å². The van der Waals surface area contributed by atoms with E-state index < -0.39 is 0 Å². The molecular weight excluding hydrogens is 224 g/mol. The maximum absolute atomic E-state index is 10.1. The Hall–Kier alpha value is -0.120. The molecule has 1 saturated carbocycles. The molecule has 1 fully saturated rings. The number of hydrogen-bond acceptors (Lipinski definition) is 3. The SMILES string of the molecule is CC(C)CN(CC(O)CNC(C)C)C1CCCC1. The predicted octanol–water partition coefficient (Wildman–Crippen LogP) is 2.25.